The van der Waals surface area contributed by atoms with Gasteiger partial charge >= 0.3 is 0 Å². The zero-order valence-electron chi connectivity index (χ0n) is 10.0. The minimum atomic E-state index is 0.160. The van der Waals surface area contributed by atoms with Crippen molar-refractivity contribution in [3.8, 4) is 0 Å². The average Bonchev–Trinajstić information content (AvgIpc) is 2.82. The van der Waals surface area contributed by atoms with Gasteiger partial charge in [-0.25, -0.2) is 0 Å². The fourth-order valence-corrected chi connectivity index (χ4v) is 3.44. The second-order valence-corrected chi connectivity index (χ2v) is 5.03. The van der Waals surface area contributed by atoms with E-state index in [1.165, 1.54) is 25.7 Å². The van der Waals surface area contributed by atoms with Gasteiger partial charge in [0.05, 0.1) is 13.2 Å². The third-order valence-electron chi connectivity index (χ3n) is 4.38. The van der Waals surface area contributed by atoms with E-state index in [-0.39, 0.29) is 18.1 Å². The molecular weight excluding hydrogens is 204 g/mol. The number of aliphatic hydroxyl groups excluding tert-OH is 1. The lowest BCUT2D eigenvalue weighted by atomic mass is 9.80. The van der Waals surface area contributed by atoms with Crippen LogP contribution in [-0.4, -0.2) is 55.0 Å². The summed E-state index contributed by atoms with van der Waals surface area (Å²) in [4.78, 5) is 2.53. The average molecular weight is 228 g/mol. The minimum Gasteiger partial charge on any atom is -0.396 e. The summed E-state index contributed by atoms with van der Waals surface area (Å²) in [6, 6.07) is 0. The first-order valence-electron chi connectivity index (χ1n) is 6.47. The van der Waals surface area contributed by atoms with E-state index in [1.54, 1.807) is 0 Å². The molecule has 2 rings (SSSR count). The van der Waals surface area contributed by atoms with Crippen LogP contribution in [0.25, 0.3) is 0 Å². The maximum absolute atomic E-state index is 9.54. The quantitative estimate of drug-likeness (QED) is 0.721. The van der Waals surface area contributed by atoms with E-state index in [2.05, 4.69) is 4.90 Å². The summed E-state index contributed by atoms with van der Waals surface area (Å²) in [5, 5.41) is 9.54. The summed E-state index contributed by atoms with van der Waals surface area (Å²) in [6.45, 7) is 4.45. The molecule has 16 heavy (non-hydrogen) atoms. The van der Waals surface area contributed by atoms with Crippen LogP contribution >= 0.6 is 0 Å². The van der Waals surface area contributed by atoms with Crippen LogP contribution in [-0.2, 0) is 4.74 Å². The summed E-state index contributed by atoms with van der Waals surface area (Å²) in [6.07, 6.45) is 4.92. The molecule has 0 radical (unpaired) electrons. The molecule has 1 saturated carbocycles. The van der Waals surface area contributed by atoms with Crippen LogP contribution < -0.4 is 5.73 Å². The Kier molecular flexibility index (Phi) is 4.19. The first-order valence-corrected chi connectivity index (χ1v) is 6.47. The molecule has 2 fully saturated rings. The Morgan fingerprint density at radius 2 is 1.88 bits per heavy atom. The van der Waals surface area contributed by atoms with Gasteiger partial charge in [-0.15, -0.1) is 0 Å². The second kappa shape index (κ2) is 5.45. The van der Waals surface area contributed by atoms with Crippen molar-refractivity contribution < 1.29 is 9.84 Å². The van der Waals surface area contributed by atoms with E-state index < -0.39 is 0 Å². The lowest BCUT2D eigenvalue weighted by Crippen LogP contribution is -2.58. The molecule has 3 N–H and O–H groups in total. The van der Waals surface area contributed by atoms with Crippen molar-refractivity contribution in [3.05, 3.63) is 0 Å². The maximum atomic E-state index is 9.54. The summed E-state index contributed by atoms with van der Waals surface area (Å²) in [5.41, 5.74) is 6.00. The number of rotatable bonds is 4. The third-order valence-corrected chi connectivity index (χ3v) is 4.38. The van der Waals surface area contributed by atoms with Gasteiger partial charge in [-0.2, -0.15) is 0 Å². The molecule has 0 aromatic heterocycles. The van der Waals surface area contributed by atoms with Crippen molar-refractivity contribution in [1.29, 1.82) is 0 Å². The highest BCUT2D eigenvalue weighted by Gasteiger charge is 2.45. The Morgan fingerprint density at radius 1 is 1.25 bits per heavy atom. The lowest BCUT2D eigenvalue weighted by Gasteiger charge is -2.47. The van der Waals surface area contributed by atoms with Crippen LogP contribution in [0.2, 0.25) is 0 Å². The Balaban J connectivity index is 2.12. The number of nitrogens with two attached hydrogens (primary N) is 1. The number of morpholine rings is 1. The smallest absolute Gasteiger partial charge is 0.0594 e. The molecule has 1 atom stereocenters. The maximum Gasteiger partial charge on any atom is 0.0594 e. The van der Waals surface area contributed by atoms with Crippen molar-refractivity contribution in [2.24, 2.45) is 11.7 Å². The van der Waals surface area contributed by atoms with Gasteiger partial charge in [0.15, 0.2) is 0 Å². The van der Waals surface area contributed by atoms with Gasteiger partial charge in [-0.3, -0.25) is 4.90 Å². The molecule has 94 valence electrons. The molecule has 1 saturated heterocycles. The van der Waals surface area contributed by atoms with Gasteiger partial charge in [0.1, 0.15) is 0 Å². The first kappa shape index (κ1) is 12.3. The van der Waals surface area contributed by atoms with Crippen LogP contribution in [0.15, 0.2) is 0 Å². The zero-order valence-corrected chi connectivity index (χ0v) is 10.0. The molecule has 2 aliphatic rings. The fourth-order valence-electron chi connectivity index (χ4n) is 3.44. The number of ether oxygens (including phenoxy) is 1. The number of aliphatic hydroxyl groups is 1. The van der Waals surface area contributed by atoms with E-state index in [9.17, 15) is 5.11 Å². The predicted octanol–water partition coefficient (Wildman–Crippen LogP) is 0.199. The molecule has 1 heterocycles. The van der Waals surface area contributed by atoms with Gasteiger partial charge < -0.3 is 15.6 Å². The molecule has 0 spiro atoms. The lowest BCUT2D eigenvalue weighted by molar-refractivity contribution is -0.0532. The molecule has 0 bridgehead atoms. The van der Waals surface area contributed by atoms with Crippen molar-refractivity contribution in [1.82, 2.24) is 4.90 Å². The number of hydrogen-bond donors (Lipinski definition) is 2. The summed E-state index contributed by atoms with van der Waals surface area (Å²) in [7, 11) is 0. The molecule has 0 aromatic rings. The van der Waals surface area contributed by atoms with E-state index >= 15 is 0 Å². The molecule has 0 unspecified atom stereocenters. The Hall–Kier alpha value is -0.160. The van der Waals surface area contributed by atoms with E-state index in [1.807, 2.05) is 0 Å². The molecule has 1 aliphatic heterocycles. The SMILES string of the molecule is NC[C@H](CO)C1(N2CCOCC2)CCCC1. The second-order valence-electron chi connectivity index (χ2n) is 5.03. The summed E-state index contributed by atoms with van der Waals surface area (Å²) >= 11 is 0. The first-order chi connectivity index (χ1) is 7.83. The van der Waals surface area contributed by atoms with E-state index in [0.717, 1.165) is 26.3 Å². The highest BCUT2D eigenvalue weighted by atomic mass is 16.5. The minimum absolute atomic E-state index is 0.160. The van der Waals surface area contributed by atoms with Crippen LogP contribution in [0.5, 0.6) is 0 Å². The van der Waals surface area contributed by atoms with Crippen LogP contribution in [0.3, 0.4) is 0 Å². The monoisotopic (exact) mass is 228 g/mol. The molecule has 4 heteroatoms. The van der Waals surface area contributed by atoms with Crippen molar-refractivity contribution in [2.45, 2.75) is 31.2 Å². The Morgan fingerprint density at radius 3 is 2.38 bits per heavy atom. The van der Waals surface area contributed by atoms with Crippen molar-refractivity contribution in [3.63, 3.8) is 0 Å². The topological polar surface area (TPSA) is 58.7 Å². The van der Waals surface area contributed by atoms with Gasteiger partial charge in [0.25, 0.3) is 0 Å². The predicted molar refractivity (Wildman–Crippen MR) is 63.2 cm³/mol. The largest absolute Gasteiger partial charge is 0.396 e. The number of hydrogen-bond acceptors (Lipinski definition) is 4. The molecule has 0 aromatic carbocycles. The molecule has 4 nitrogen and oxygen atoms in total. The van der Waals surface area contributed by atoms with Crippen molar-refractivity contribution >= 4 is 0 Å². The van der Waals surface area contributed by atoms with E-state index in [0.29, 0.717) is 6.54 Å². The standard InChI is InChI=1S/C12H24N2O2/c13-9-11(10-15)12(3-1-2-4-12)14-5-7-16-8-6-14/h11,15H,1-10,13H2/t11-/m1/s1. The van der Waals surface area contributed by atoms with Gasteiger partial charge in [0, 0.05) is 31.2 Å². The fraction of sp³-hybridized carbons (Fsp3) is 1.00. The summed E-state index contributed by atoms with van der Waals surface area (Å²) < 4.78 is 5.42. The third kappa shape index (κ3) is 2.12. The van der Waals surface area contributed by atoms with Gasteiger partial charge in [-0.1, -0.05) is 12.8 Å². The molecule has 0 amide bonds. The van der Waals surface area contributed by atoms with Gasteiger partial charge in [0.2, 0.25) is 0 Å². The molecule has 1 aliphatic carbocycles. The number of nitrogens with zero attached hydrogens (tertiary/aromatic N) is 1. The van der Waals surface area contributed by atoms with Crippen molar-refractivity contribution in [2.75, 3.05) is 39.5 Å². The van der Waals surface area contributed by atoms with E-state index in [4.69, 9.17) is 10.5 Å². The van der Waals surface area contributed by atoms with Crippen LogP contribution in [0.1, 0.15) is 25.7 Å². The zero-order chi connectivity index (χ0) is 11.4. The Bertz CT molecular complexity index is 207. The summed E-state index contributed by atoms with van der Waals surface area (Å²) in [5.74, 6) is 0.230. The molecular formula is C12H24N2O2. The van der Waals surface area contributed by atoms with Crippen LogP contribution in [0.4, 0.5) is 0 Å². The highest BCUT2D eigenvalue weighted by Crippen LogP contribution is 2.41. The highest BCUT2D eigenvalue weighted by molar-refractivity contribution is 5.00. The van der Waals surface area contributed by atoms with Crippen LogP contribution in [0, 0.1) is 5.92 Å². The normalized spacial score (nSPS) is 28.1. The Labute approximate surface area is 97.7 Å². The van der Waals surface area contributed by atoms with Gasteiger partial charge in [-0.05, 0) is 19.4 Å².